The summed E-state index contributed by atoms with van der Waals surface area (Å²) >= 11 is 0. The Kier molecular flexibility index (Phi) is 21.3. The Morgan fingerprint density at radius 2 is 1.53 bits per heavy atom. The molecule has 0 heterocycles. The van der Waals surface area contributed by atoms with Crippen LogP contribution in [0, 0.1) is 0 Å². The van der Waals surface area contributed by atoms with E-state index in [0.29, 0.717) is 65.2 Å². The topological polar surface area (TPSA) is 177 Å². The molecule has 13 nitrogen and oxygen atoms in total. The summed E-state index contributed by atoms with van der Waals surface area (Å²) in [7, 11) is 0. The maximum absolute atomic E-state index is 12.8. The van der Waals surface area contributed by atoms with Crippen LogP contribution in [0.1, 0.15) is 66.2 Å². The first kappa shape index (κ1) is 35.7. The highest BCUT2D eigenvalue weighted by molar-refractivity contribution is 5.89. The number of amides is 3. The molecule has 0 rings (SSSR count). The van der Waals surface area contributed by atoms with Crippen LogP contribution in [0.4, 0.5) is 4.79 Å². The minimum absolute atomic E-state index is 0.0637. The van der Waals surface area contributed by atoms with Crippen molar-refractivity contribution in [1.29, 1.82) is 0 Å². The third kappa shape index (κ3) is 22.8. The normalized spacial score (nSPS) is 12.0. The van der Waals surface area contributed by atoms with Gasteiger partial charge in [0, 0.05) is 26.1 Å². The average Bonchev–Trinajstić information content (AvgIpc) is 2.84. The predicted molar refractivity (Wildman–Crippen MR) is 140 cm³/mol. The van der Waals surface area contributed by atoms with Gasteiger partial charge in [0.2, 0.25) is 11.8 Å². The van der Waals surface area contributed by atoms with Gasteiger partial charge in [0.1, 0.15) is 18.8 Å². The van der Waals surface area contributed by atoms with Gasteiger partial charge in [-0.2, -0.15) is 5.48 Å². The molecule has 222 valence electrons. The fourth-order valence-electron chi connectivity index (χ4n) is 2.98. The van der Waals surface area contributed by atoms with E-state index in [9.17, 15) is 19.2 Å². The van der Waals surface area contributed by atoms with Crippen molar-refractivity contribution in [3.05, 3.63) is 0 Å². The molecule has 0 saturated carbocycles. The van der Waals surface area contributed by atoms with Gasteiger partial charge in [-0.3, -0.25) is 19.2 Å². The lowest BCUT2D eigenvalue weighted by molar-refractivity contribution is -0.131. The average molecular weight is 549 g/mol. The van der Waals surface area contributed by atoms with Crippen LogP contribution >= 0.6 is 0 Å². The zero-order valence-electron chi connectivity index (χ0n) is 23.4. The largest absolute Gasteiger partial charge is 0.442 e. The second-order valence-electron chi connectivity index (χ2n) is 9.49. The SMILES string of the molecule is CCCOCC(=O)N[C@@H](CCCCNC(=O)COCCOCCN)C(=O)CCCONC(=O)OC(C)(C)C. The van der Waals surface area contributed by atoms with Gasteiger partial charge in [0.05, 0.1) is 32.5 Å². The number of unbranched alkanes of at least 4 members (excludes halogenated alkanes) is 1. The molecule has 3 amide bonds. The van der Waals surface area contributed by atoms with Crippen molar-refractivity contribution < 1.29 is 43.0 Å². The summed E-state index contributed by atoms with van der Waals surface area (Å²) in [6.07, 6.45) is 2.22. The van der Waals surface area contributed by atoms with Crippen molar-refractivity contribution in [3.8, 4) is 0 Å². The summed E-state index contributed by atoms with van der Waals surface area (Å²) in [6, 6.07) is -0.681. The van der Waals surface area contributed by atoms with Crippen LogP contribution < -0.4 is 21.8 Å². The Hall–Kier alpha value is -2.32. The maximum atomic E-state index is 12.8. The molecular weight excluding hydrogens is 500 g/mol. The van der Waals surface area contributed by atoms with E-state index < -0.39 is 17.7 Å². The summed E-state index contributed by atoms with van der Waals surface area (Å²) in [5.74, 6) is -0.748. The number of nitrogens with two attached hydrogens (primary N) is 1. The van der Waals surface area contributed by atoms with E-state index in [4.69, 9.17) is 29.5 Å². The lowest BCUT2D eigenvalue weighted by atomic mass is 10.0. The number of hydroxylamine groups is 1. The molecule has 0 radical (unpaired) electrons. The number of nitrogens with one attached hydrogen (secondary N) is 3. The van der Waals surface area contributed by atoms with Gasteiger partial charge >= 0.3 is 6.09 Å². The molecule has 0 spiro atoms. The molecule has 0 aliphatic carbocycles. The van der Waals surface area contributed by atoms with Crippen LogP contribution in [0.25, 0.3) is 0 Å². The second kappa shape index (κ2) is 22.6. The lowest BCUT2D eigenvalue weighted by Gasteiger charge is -2.19. The van der Waals surface area contributed by atoms with Crippen LogP contribution in [0.5, 0.6) is 0 Å². The minimum Gasteiger partial charge on any atom is -0.442 e. The van der Waals surface area contributed by atoms with Crippen LogP contribution in [0.15, 0.2) is 0 Å². The van der Waals surface area contributed by atoms with Gasteiger partial charge in [-0.1, -0.05) is 6.92 Å². The molecule has 0 bridgehead atoms. The smallest absolute Gasteiger partial charge is 0.431 e. The van der Waals surface area contributed by atoms with Crippen LogP contribution in [-0.2, 0) is 38.2 Å². The van der Waals surface area contributed by atoms with E-state index in [1.807, 2.05) is 6.92 Å². The summed E-state index contributed by atoms with van der Waals surface area (Å²) in [5.41, 5.74) is 6.84. The number of rotatable bonds is 23. The van der Waals surface area contributed by atoms with Crippen molar-refractivity contribution >= 4 is 23.7 Å². The maximum Gasteiger partial charge on any atom is 0.431 e. The van der Waals surface area contributed by atoms with Crippen molar-refractivity contribution in [3.63, 3.8) is 0 Å². The Labute approximate surface area is 226 Å². The third-order valence-electron chi connectivity index (χ3n) is 4.64. The highest BCUT2D eigenvalue weighted by Gasteiger charge is 2.20. The molecule has 0 fully saturated rings. The van der Waals surface area contributed by atoms with Gasteiger partial charge in [0.25, 0.3) is 0 Å². The van der Waals surface area contributed by atoms with Crippen molar-refractivity contribution in [1.82, 2.24) is 16.1 Å². The molecule has 0 aliphatic heterocycles. The predicted octanol–water partition coefficient (Wildman–Crippen LogP) is 0.982. The first-order chi connectivity index (χ1) is 18.1. The van der Waals surface area contributed by atoms with Crippen LogP contribution in [-0.4, -0.2) is 94.7 Å². The quantitative estimate of drug-likeness (QED) is 0.106. The number of Topliss-reactive ketones (excluding diaryl/α,β-unsaturated/α-hetero) is 1. The van der Waals surface area contributed by atoms with Crippen LogP contribution in [0.2, 0.25) is 0 Å². The number of hydrogen-bond donors (Lipinski definition) is 4. The zero-order valence-corrected chi connectivity index (χ0v) is 23.4. The van der Waals surface area contributed by atoms with E-state index in [1.54, 1.807) is 20.8 Å². The first-order valence-corrected chi connectivity index (χ1v) is 13.2. The van der Waals surface area contributed by atoms with E-state index >= 15 is 0 Å². The molecule has 13 heteroatoms. The number of ether oxygens (including phenoxy) is 4. The highest BCUT2D eigenvalue weighted by Crippen LogP contribution is 2.08. The summed E-state index contributed by atoms with van der Waals surface area (Å²) in [5, 5.41) is 5.49. The van der Waals surface area contributed by atoms with Gasteiger partial charge < -0.3 is 35.3 Å². The monoisotopic (exact) mass is 548 g/mol. The van der Waals surface area contributed by atoms with Gasteiger partial charge in [-0.05, 0) is 52.9 Å². The second-order valence-corrected chi connectivity index (χ2v) is 9.49. The standard InChI is InChI=1S/C25H48N4O9/c1-5-13-35-19-23(32)28-20(21(30)10-8-14-37-29-24(33)38-25(2,3)4)9-6-7-12-27-22(31)18-36-17-16-34-15-11-26/h20H,5-19,26H2,1-4H3,(H,27,31)(H,28,32)(H,29,33)/t20-/m0/s1. The summed E-state index contributed by atoms with van der Waals surface area (Å²) < 4.78 is 20.7. The lowest BCUT2D eigenvalue weighted by Crippen LogP contribution is -2.42. The Balaban J connectivity index is 4.35. The fourth-order valence-corrected chi connectivity index (χ4v) is 2.98. The molecule has 0 aromatic rings. The summed E-state index contributed by atoms with van der Waals surface area (Å²) in [6.45, 7) is 9.51. The van der Waals surface area contributed by atoms with Crippen molar-refractivity contribution in [2.24, 2.45) is 5.73 Å². The van der Waals surface area contributed by atoms with E-state index in [-0.39, 0.29) is 43.8 Å². The Bertz CT molecular complexity index is 672. The molecule has 0 aromatic carbocycles. The molecule has 0 saturated heterocycles. The molecular formula is C25H48N4O9. The molecule has 38 heavy (non-hydrogen) atoms. The third-order valence-corrected chi connectivity index (χ3v) is 4.64. The van der Waals surface area contributed by atoms with Crippen molar-refractivity contribution in [2.75, 3.05) is 59.3 Å². The van der Waals surface area contributed by atoms with Gasteiger partial charge in [-0.15, -0.1) is 0 Å². The van der Waals surface area contributed by atoms with Crippen LogP contribution in [0.3, 0.4) is 0 Å². The van der Waals surface area contributed by atoms with E-state index in [1.165, 1.54) is 0 Å². The van der Waals surface area contributed by atoms with E-state index in [0.717, 1.165) is 6.42 Å². The van der Waals surface area contributed by atoms with Gasteiger partial charge in [-0.25, -0.2) is 4.79 Å². The van der Waals surface area contributed by atoms with Gasteiger partial charge in [0.15, 0.2) is 5.78 Å². The number of carbonyl (C=O) groups is 4. The minimum atomic E-state index is -0.712. The molecule has 1 atom stereocenters. The number of hydrogen-bond acceptors (Lipinski definition) is 10. The first-order valence-electron chi connectivity index (χ1n) is 13.2. The Morgan fingerprint density at radius 1 is 0.842 bits per heavy atom. The number of carbonyl (C=O) groups excluding carboxylic acids is 4. The summed E-state index contributed by atoms with van der Waals surface area (Å²) in [4.78, 5) is 53.4. The zero-order chi connectivity index (χ0) is 28.7. The molecule has 0 aliphatic rings. The highest BCUT2D eigenvalue weighted by atomic mass is 16.7. The van der Waals surface area contributed by atoms with Crippen molar-refractivity contribution in [2.45, 2.75) is 77.9 Å². The Morgan fingerprint density at radius 3 is 2.21 bits per heavy atom. The molecule has 0 aromatic heterocycles. The van der Waals surface area contributed by atoms with E-state index in [2.05, 4.69) is 16.1 Å². The molecule has 0 unspecified atom stereocenters. The molecule has 5 N–H and O–H groups in total. The fraction of sp³-hybridized carbons (Fsp3) is 0.840. The number of ketones is 1.